The molecule has 3 N–H and O–H groups in total. The van der Waals surface area contributed by atoms with E-state index in [1.54, 1.807) is 0 Å². The maximum Gasteiger partial charge on any atom is 0.0929 e. The van der Waals surface area contributed by atoms with Crippen molar-refractivity contribution in [3.05, 3.63) is 36.0 Å². The first-order valence-corrected chi connectivity index (χ1v) is 6.69. The van der Waals surface area contributed by atoms with E-state index in [9.17, 15) is 5.11 Å². The van der Waals surface area contributed by atoms with Gasteiger partial charge in [0.15, 0.2) is 0 Å². The lowest BCUT2D eigenvalue weighted by molar-refractivity contribution is -0.0143. The molecule has 3 rings (SSSR count). The van der Waals surface area contributed by atoms with Crippen LogP contribution in [0.1, 0.15) is 25.3 Å². The van der Waals surface area contributed by atoms with Gasteiger partial charge in [-0.15, -0.1) is 0 Å². The zero-order chi connectivity index (χ0) is 12.6. The lowest BCUT2D eigenvalue weighted by Crippen LogP contribution is -2.42. The molecule has 0 bridgehead atoms. The number of hydrogen-bond acceptors (Lipinski definition) is 2. The van der Waals surface area contributed by atoms with E-state index >= 15 is 0 Å². The molecule has 2 aromatic rings. The van der Waals surface area contributed by atoms with Gasteiger partial charge in [0.25, 0.3) is 0 Å². The van der Waals surface area contributed by atoms with Gasteiger partial charge in [0.1, 0.15) is 0 Å². The Morgan fingerprint density at radius 1 is 1.33 bits per heavy atom. The van der Waals surface area contributed by atoms with E-state index in [0.717, 1.165) is 42.4 Å². The van der Waals surface area contributed by atoms with Crippen LogP contribution in [0.4, 0.5) is 0 Å². The standard InChI is InChI=1S/C15H20N2O/c1-15(18,11-5-4-8-16-9-11)13-10-17-14-7-3-2-6-12(13)14/h2-3,6-7,10-11,16-18H,4-5,8-9H2,1H3. The largest absolute Gasteiger partial charge is 0.385 e. The molecule has 96 valence electrons. The van der Waals surface area contributed by atoms with Gasteiger partial charge in [0.05, 0.1) is 5.60 Å². The lowest BCUT2D eigenvalue weighted by atomic mass is 9.79. The molecule has 2 heterocycles. The Balaban J connectivity index is 2.01. The van der Waals surface area contributed by atoms with E-state index in [-0.39, 0.29) is 5.92 Å². The van der Waals surface area contributed by atoms with Crippen molar-refractivity contribution in [2.75, 3.05) is 13.1 Å². The number of aliphatic hydroxyl groups is 1. The summed E-state index contributed by atoms with van der Waals surface area (Å²) in [6.07, 6.45) is 4.18. The summed E-state index contributed by atoms with van der Waals surface area (Å²) in [5.74, 6) is 0.283. The number of hydrogen-bond donors (Lipinski definition) is 3. The Labute approximate surface area is 107 Å². The molecule has 1 saturated heterocycles. The summed E-state index contributed by atoms with van der Waals surface area (Å²) in [7, 11) is 0. The van der Waals surface area contributed by atoms with Crippen molar-refractivity contribution in [1.82, 2.24) is 10.3 Å². The van der Waals surface area contributed by atoms with E-state index in [1.165, 1.54) is 0 Å². The van der Waals surface area contributed by atoms with Gasteiger partial charge in [-0.05, 0) is 32.4 Å². The second-order valence-electron chi connectivity index (χ2n) is 5.44. The summed E-state index contributed by atoms with van der Waals surface area (Å²) in [6, 6.07) is 8.16. The van der Waals surface area contributed by atoms with Crippen molar-refractivity contribution in [3.63, 3.8) is 0 Å². The minimum atomic E-state index is -0.771. The third-order valence-electron chi connectivity index (χ3n) is 4.23. The zero-order valence-corrected chi connectivity index (χ0v) is 10.7. The number of benzene rings is 1. The van der Waals surface area contributed by atoms with Crippen molar-refractivity contribution in [2.24, 2.45) is 5.92 Å². The summed E-state index contributed by atoms with van der Waals surface area (Å²) in [5, 5.41) is 15.5. The fourth-order valence-electron chi connectivity index (χ4n) is 3.04. The van der Waals surface area contributed by atoms with Gasteiger partial charge < -0.3 is 15.4 Å². The fourth-order valence-corrected chi connectivity index (χ4v) is 3.04. The molecule has 1 aromatic carbocycles. The van der Waals surface area contributed by atoms with E-state index in [2.05, 4.69) is 16.4 Å². The minimum Gasteiger partial charge on any atom is -0.385 e. The third kappa shape index (κ3) is 1.84. The summed E-state index contributed by atoms with van der Waals surface area (Å²) in [6.45, 7) is 3.91. The Morgan fingerprint density at radius 3 is 2.94 bits per heavy atom. The third-order valence-corrected chi connectivity index (χ3v) is 4.23. The van der Waals surface area contributed by atoms with Crippen molar-refractivity contribution in [1.29, 1.82) is 0 Å². The topological polar surface area (TPSA) is 48.0 Å². The molecular formula is C15H20N2O. The second-order valence-corrected chi connectivity index (χ2v) is 5.44. The van der Waals surface area contributed by atoms with Crippen molar-refractivity contribution in [2.45, 2.75) is 25.4 Å². The van der Waals surface area contributed by atoms with Crippen LogP contribution in [0.15, 0.2) is 30.5 Å². The Bertz CT molecular complexity index is 538. The SMILES string of the molecule is CC(O)(c1c[nH]c2ccccc12)C1CCCNC1. The molecule has 0 radical (unpaired) electrons. The average molecular weight is 244 g/mol. The monoisotopic (exact) mass is 244 g/mol. The van der Waals surface area contributed by atoms with Crippen LogP contribution >= 0.6 is 0 Å². The van der Waals surface area contributed by atoms with Gasteiger partial charge in [-0.3, -0.25) is 0 Å². The quantitative estimate of drug-likeness (QED) is 0.759. The molecule has 1 aliphatic heterocycles. The van der Waals surface area contributed by atoms with Crippen LogP contribution in [0.5, 0.6) is 0 Å². The van der Waals surface area contributed by atoms with E-state index < -0.39 is 5.60 Å². The number of aromatic amines is 1. The van der Waals surface area contributed by atoms with Crippen LogP contribution in [0, 0.1) is 5.92 Å². The number of para-hydroxylation sites is 1. The molecule has 0 amide bonds. The second kappa shape index (κ2) is 4.41. The molecule has 1 fully saturated rings. The molecule has 2 unspecified atom stereocenters. The Morgan fingerprint density at radius 2 is 2.17 bits per heavy atom. The normalized spacial score (nSPS) is 24.0. The summed E-state index contributed by atoms with van der Waals surface area (Å²) in [5.41, 5.74) is 1.34. The number of piperidine rings is 1. The molecular weight excluding hydrogens is 224 g/mol. The molecule has 3 nitrogen and oxygen atoms in total. The highest BCUT2D eigenvalue weighted by atomic mass is 16.3. The maximum atomic E-state index is 10.9. The Kier molecular flexibility index (Phi) is 2.88. The minimum absolute atomic E-state index is 0.283. The summed E-state index contributed by atoms with van der Waals surface area (Å²) in [4.78, 5) is 3.25. The molecule has 0 aliphatic carbocycles. The predicted molar refractivity (Wildman–Crippen MR) is 73.5 cm³/mol. The van der Waals surface area contributed by atoms with Crippen LogP contribution in [0.3, 0.4) is 0 Å². The fraction of sp³-hybridized carbons (Fsp3) is 0.467. The van der Waals surface area contributed by atoms with Gasteiger partial charge >= 0.3 is 0 Å². The number of fused-ring (bicyclic) bond motifs is 1. The van der Waals surface area contributed by atoms with Gasteiger partial charge in [0.2, 0.25) is 0 Å². The lowest BCUT2D eigenvalue weighted by Gasteiger charge is -2.36. The number of nitrogens with one attached hydrogen (secondary N) is 2. The molecule has 18 heavy (non-hydrogen) atoms. The van der Waals surface area contributed by atoms with Crippen LogP contribution < -0.4 is 5.32 Å². The summed E-state index contributed by atoms with van der Waals surface area (Å²) < 4.78 is 0. The highest BCUT2D eigenvalue weighted by Gasteiger charge is 2.36. The van der Waals surface area contributed by atoms with E-state index in [0.29, 0.717) is 0 Å². The van der Waals surface area contributed by atoms with Crippen LogP contribution in [0.25, 0.3) is 10.9 Å². The number of H-pyrrole nitrogens is 1. The Hall–Kier alpha value is -1.32. The number of rotatable bonds is 2. The van der Waals surface area contributed by atoms with Gasteiger partial charge in [-0.2, -0.15) is 0 Å². The van der Waals surface area contributed by atoms with Crippen molar-refractivity contribution < 1.29 is 5.11 Å². The molecule has 1 aromatic heterocycles. The molecule has 3 heteroatoms. The van der Waals surface area contributed by atoms with Crippen LogP contribution in [-0.4, -0.2) is 23.2 Å². The first-order chi connectivity index (χ1) is 8.69. The average Bonchev–Trinajstić information content (AvgIpc) is 2.84. The smallest absolute Gasteiger partial charge is 0.0929 e. The zero-order valence-electron chi connectivity index (χ0n) is 10.7. The van der Waals surface area contributed by atoms with Crippen LogP contribution in [-0.2, 0) is 5.60 Å². The molecule has 2 atom stereocenters. The van der Waals surface area contributed by atoms with Gasteiger partial charge in [-0.25, -0.2) is 0 Å². The maximum absolute atomic E-state index is 10.9. The van der Waals surface area contributed by atoms with E-state index in [4.69, 9.17) is 0 Å². The summed E-state index contributed by atoms with van der Waals surface area (Å²) >= 11 is 0. The van der Waals surface area contributed by atoms with Gasteiger partial charge in [0, 0.05) is 35.1 Å². The highest BCUT2D eigenvalue weighted by Crippen LogP contribution is 2.37. The molecule has 0 saturated carbocycles. The first-order valence-electron chi connectivity index (χ1n) is 6.69. The van der Waals surface area contributed by atoms with Crippen LogP contribution in [0.2, 0.25) is 0 Å². The van der Waals surface area contributed by atoms with Crippen molar-refractivity contribution >= 4 is 10.9 Å². The predicted octanol–water partition coefficient (Wildman–Crippen LogP) is 2.38. The van der Waals surface area contributed by atoms with E-state index in [1.807, 2.05) is 31.3 Å². The van der Waals surface area contributed by atoms with Crippen molar-refractivity contribution in [3.8, 4) is 0 Å². The first kappa shape index (κ1) is 11.8. The highest BCUT2D eigenvalue weighted by molar-refractivity contribution is 5.83. The molecule has 1 aliphatic rings. The number of aromatic nitrogens is 1. The van der Waals surface area contributed by atoms with Gasteiger partial charge in [-0.1, -0.05) is 18.2 Å². The molecule has 0 spiro atoms.